The smallest absolute Gasteiger partial charge is 0.248 e. The fourth-order valence-corrected chi connectivity index (χ4v) is 2.84. The van der Waals surface area contributed by atoms with E-state index in [1.807, 2.05) is 58.2 Å². The maximum Gasteiger partial charge on any atom is 0.248 e. The fourth-order valence-electron chi connectivity index (χ4n) is 2.84. The maximum absolute atomic E-state index is 12.3. The molecule has 2 heterocycles. The van der Waals surface area contributed by atoms with E-state index in [0.29, 0.717) is 0 Å². The van der Waals surface area contributed by atoms with Crippen molar-refractivity contribution in [2.24, 2.45) is 7.05 Å². The second-order valence-electron chi connectivity index (χ2n) is 5.78. The van der Waals surface area contributed by atoms with Crippen LogP contribution in [0.25, 0.3) is 17.0 Å². The third kappa shape index (κ3) is 2.85. The molecule has 124 valence electrons. The second kappa shape index (κ2) is 6.35. The van der Waals surface area contributed by atoms with E-state index in [9.17, 15) is 4.79 Å². The van der Waals surface area contributed by atoms with Gasteiger partial charge in [-0.1, -0.05) is 25.1 Å². The highest BCUT2D eigenvalue weighted by Crippen LogP contribution is 2.27. The molecule has 3 rings (SSSR count). The Morgan fingerprint density at radius 2 is 2.08 bits per heavy atom. The van der Waals surface area contributed by atoms with Crippen LogP contribution in [0.3, 0.4) is 0 Å². The van der Waals surface area contributed by atoms with Crippen LogP contribution in [0.5, 0.6) is 0 Å². The van der Waals surface area contributed by atoms with Crippen LogP contribution in [-0.2, 0) is 18.3 Å². The number of amides is 1. The average Bonchev–Trinajstić information content (AvgIpc) is 3.05. The van der Waals surface area contributed by atoms with E-state index in [1.54, 1.807) is 10.8 Å². The highest BCUT2D eigenvalue weighted by Gasteiger charge is 2.12. The van der Waals surface area contributed by atoms with Crippen molar-refractivity contribution >= 4 is 28.6 Å². The van der Waals surface area contributed by atoms with E-state index in [0.717, 1.165) is 45.8 Å². The third-order valence-corrected chi connectivity index (χ3v) is 4.19. The molecule has 5 nitrogen and oxygen atoms in total. The first-order valence-electron chi connectivity index (χ1n) is 8.01. The van der Waals surface area contributed by atoms with Gasteiger partial charge in [-0.2, -0.15) is 5.10 Å². The first-order valence-corrected chi connectivity index (χ1v) is 8.01. The Labute approximate surface area is 141 Å². The van der Waals surface area contributed by atoms with Gasteiger partial charge in [0.2, 0.25) is 5.91 Å². The number of rotatable bonds is 4. The van der Waals surface area contributed by atoms with Gasteiger partial charge in [-0.3, -0.25) is 9.48 Å². The minimum absolute atomic E-state index is 0.179. The Morgan fingerprint density at radius 3 is 2.75 bits per heavy atom. The highest BCUT2D eigenvalue weighted by molar-refractivity contribution is 6.04. The van der Waals surface area contributed by atoms with Crippen molar-refractivity contribution in [3.63, 3.8) is 0 Å². The number of hydrogen-bond acceptors (Lipinski definition) is 3. The number of anilines is 1. The second-order valence-corrected chi connectivity index (χ2v) is 5.78. The van der Waals surface area contributed by atoms with Gasteiger partial charge in [-0.15, -0.1) is 0 Å². The minimum atomic E-state index is -0.179. The standard InChI is InChI=1S/C19H21N3O2/c1-5-16-15(14-8-6-7-9-17(14)24-16)10-11-18(23)20-19-12(2)21-22(4)13(19)3/h6-11H,5H2,1-4H3,(H,20,23)/b11-10+. The van der Waals surface area contributed by atoms with Gasteiger partial charge >= 0.3 is 0 Å². The third-order valence-electron chi connectivity index (χ3n) is 4.19. The summed E-state index contributed by atoms with van der Waals surface area (Å²) in [6.45, 7) is 5.85. The molecule has 0 atom stereocenters. The van der Waals surface area contributed by atoms with Gasteiger partial charge < -0.3 is 9.73 Å². The Hall–Kier alpha value is -2.82. The van der Waals surface area contributed by atoms with Gasteiger partial charge in [0.25, 0.3) is 0 Å². The van der Waals surface area contributed by atoms with Gasteiger partial charge in [0, 0.05) is 30.5 Å². The summed E-state index contributed by atoms with van der Waals surface area (Å²) < 4.78 is 7.60. The number of para-hydroxylation sites is 1. The molecule has 0 saturated heterocycles. The minimum Gasteiger partial charge on any atom is -0.460 e. The van der Waals surface area contributed by atoms with E-state index in [4.69, 9.17) is 4.42 Å². The van der Waals surface area contributed by atoms with Gasteiger partial charge in [0.15, 0.2) is 0 Å². The summed E-state index contributed by atoms with van der Waals surface area (Å²) in [6, 6.07) is 7.86. The first-order chi connectivity index (χ1) is 11.5. The molecular formula is C19H21N3O2. The molecule has 1 amide bonds. The molecule has 0 radical (unpaired) electrons. The van der Waals surface area contributed by atoms with Crippen LogP contribution in [0.1, 0.15) is 29.6 Å². The summed E-state index contributed by atoms with van der Waals surface area (Å²) in [5.74, 6) is 0.704. The molecule has 0 aliphatic heterocycles. The number of furan rings is 1. The van der Waals surface area contributed by atoms with Crippen molar-refractivity contribution in [1.82, 2.24) is 9.78 Å². The number of fused-ring (bicyclic) bond motifs is 1. The number of benzene rings is 1. The Kier molecular flexibility index (Phi) is 4.25. The normalized spacial score (nSPS) is 11.5. The zero-order valence-corrected chi connectivity index (χ0v) is 14.4. The fraction of sp³-hybridized carbons (Fsp3) is 0.263. The lowest BCUT2D eigenvalue weighted by molar-refractivity contribution is -0.111. The number of nitrogens with one attached hydrogen (secondary N) is 1. The Bertz CT molecular complexity index is 932. The molecule has 0 unspecified atom stereocenters. The summed E-state index contributed by atoms with van der Waals surface area (Å²) in [5, 5.41) is 8.23. The van der Waals surface area contributed by atoms with E-state index in [2.05, 4.69) is 10.4 Å². The molecule has 1 aromatic carbocycles. The van der Waals surface area contributed by atoms with Crippen LogP contribution >= 0.6 is 0 Å². The van der Waals surface area contributed by atoms with Crippen LogP contribution in [0, 0.1) is 13.8 Å². The van der Waals surface area contributed by atoms with E-state index >= 15 is 0 Å². The number of carbonyl (C=O) groups excluding carboxylic acids is 1. The molecule has 0 spiro atoms. The lowest BCUT2D eigenvalue weighted by Gasteiger charge is -2.02. The Morgan fingerprint density at radius 1 is 1.33 bits per heavy atom. The number of hydrogen-bond donors (Lipinski definition) is 1. The van der Waals surface area contributed by atoms with Crippen molar-refractivity contribution in [3.8, 4) is 0 Å². The largest absolute Gasteiger partial charge is 0.460 e. The molecule has 0 fully saturated rings. The van der Waals surface area contributed by atoms with E-state index in [1.165, 1.54) is 0 Å². The Balaban J connectivity index is 1.87. The van der Waals surface area contributed by atoms with Crippen molar-refractivity contribution < 1.29 is 9.21 Å². The summed E-state index contributed by atoms with van der Waals surface area (Å²) in [5.41, 5.74) is 4.30. The molecule has 0 bridgehead atoms. The van der Waals surface area contributed by atoms with Crippen LogP contribution in [0.2, 0.25) is 0 Å². The van der Waals surface area contributed by atoms with Gasteiger partial charge in [0.05, 0.1) is 17.1 Å². The van der Waals surface area contributed by atoms with Crippen molar-refractivity contribution in [2.75, 3.05) is 5.32 Å². The number of aryl methyl sites for hydroxylation is 3. The van der Waals surface area contributed by atoms with Gasteiger partial charge in [-0.05, 0) is 26.0 Å². The lowest BCUT2D eigenvalue weighted by Crippen LogP contribution is -2.09. The highest BCUT2D eigenvalue weighted by atomic mass is 16.3. The first kappa shape index (κ1) is 16.1. The monoisotopic (exact) mass is 323 g/mol. The molecular weight excluding hydrogens is 302 g/mol. The van der Waals surface area contributed by atoms with Crippen LogP contribution in [0.4, 0.5) is 5.69 Å². The summed E-state index contributed by atoms with van der Waals surface area (Å²) in [4.78, 5) is 12.3. The van der Waals surface area contributed by atoms with Gasteiger partial charge in [0.1, 0.15) is 11.3 Å². The van der Waals surface area contributed by atoms with Crippen molar-refractivity contribution in [2.45, 2.75) is 27.2 Å². The zero-order valence-electron chi connectivity index (χ0n) is 14.4. The summed E-state index contributed by atoms with van der Waals surface area (Å²) >= 11 is 0. The zero-order chi connectivity index (χ0) is 17.3. The summed E-state index contributed by atoms with van der Waals surface area (Å²) in [6.07, 6.45) is 4.14. The van der Waals surface area contributed by atoms with Crippen molar-refractivity contribution in [3.05, 3.63) is 53.1 Å². The predicted molar refractivity (Wildman–Crippen MR) is 95.9 cm³/mol. The van der Waals surface area contributed by atoms with E-state index in [-0.39, 0.29) is 5.91 Å². The maximum atomic E-state index is 12.3. The summed E-state index contributed by atoms with van der Waals surface area (Å²) in [7, 11) is 1.86. The number of aromatic nitrogens is 2. The average molecular weight is 323 g/mol. The molecule has 1 N–H and O–H groups in total. The number of nitrogens with zero attached hydrogens (tertiary/aromatic N) is 2. The molecule has 0 aliphatic rings. The van der Waals surface area contributed by atoms with Crippen LogP contribution in [0.15, 0.2) is 34.8 Å². The lowest BCUT2D eigenvalue weighted by atomic mass is 10.1. The van der Waals surface area contributed by atoms with Gasteiger partial charge in [-0.25, -0.2) is 0 Å². The van der Waals surface area contributed by atoms with Crippen LogP contribution < -0.4 is 5.32 Å². The molecule has 3 aromatic rings. The molecule has 0 aliphatic carbocycles. The van der Waals surface area contributed by atoms with E-state index < -0.39 is 0 Å². The number of carbonyl (C=O) groups is 1. The topological polar surface area (TPSA) is 60.1 Å². The quantitative estimate of drug-likeness (QED) is 0.738. The predicted octanol–water partition coefficient (Wildman–Crippen LogP) is 4.00. The SMILES string of the molecule is CCc1oc2ccccc2c1/C=C/C(=O)Nc1c(C)nn(C)c1C. The molecule has 0 saturated carbocycles. The molecule has 5 heteroatoms. The molecule has 2 aromatic heterocycles. The van der Waals surface area contributed by atoms with Crippen molar-refractivity contribution in [1.29, 1.82) is 0 Å². The molecule has 24 heavy (non-hydrogen) atoms. The van der Waals surface area contributed by atoms with Crippen LogP contribution in [-0.4, -0.2) is 15.7 Å².